The molecule has 0 spiro atoms. The molecule has 9 nitrogen and oxygen atoms in total. The summed E-state index contributed by atoms with van der Waals surface area (Å²) in [5, 5.41) is 19.4. The van der Waals surface area contributed by atoms with Gasteiger partial charge in [-0.3, -0.25) is 9.13 Å². The number of rotatable bonds is 7. The van der Waals surface area contributed by atoms with Crippen LogP contribution in [0.1, 0.15) is 0 Å². The Morgan fingerprint density at radius 3 is 1.08 bits per heavy atom. The maximum Gasteiger partial charge on any atom is 0.238 e. The van der Waals surface area contributed by atoms with E-state index >= 15 is 0 Å². The first-order chi connectivity index (χ1) is 53.5. The van der Waals surface area contributed by atoms with E-state index in [4.69, 9.17) is 33.8 Å². The predicted octanol–water partition coefficient (Wildman–Crippen LogP) is 26.9. The van der Waals surface area contributed by atoms with Gasteiger partial charge in [0.2, 0.25) is 11.9 Å². The van der Waals surface area contributed by atoms with Crippen molar-refractivity contribution in [2.24, 2.45) is 0 Å². The minimum absolute atomic E-state index is 0.554. The topological polar surface area (TPSA) is 101 Å². The van der Waals surface area contributed by atoms with Crippen LogP contribution in [-0.2, 0) is 0 Å². The van der Waals surface area contributed by atoms with Gasteiger partial charge in [0.25, 0.3) is 0 Å². The average molecular weight is 1410 g/mol. The van der Waals surface area contributed by atoms with Crippen molar-refractivity contribution in [1.82, 2.24) is 34.1 Å². The minimum atomic E-state index is 0.554. The van der Waals surface area contributed by atoms with E-state index in [9.17, 15) is 0 Å². The highest BCUT2D eigenvalue weighted by molar-refractivity contribution is 7.26. The number of benzene rings is 16. The number of thiophene rings is 2. The highest BCUT2D eigenvalue weighted by Crippen LogP contribution is 2.49. The second kappa shape index (κ2) is 23.8. The van der Waals surface area contributed by atoms with Crippen molar-refractivity contribution in [2.45, 2.75) is 0 Å². The zero-order valence-corrected chi connectivity index (χ0v) is 59.2. The predicted molar refractivity (Wildman–Crippen MR) is 451 cm³/mol. The van der Waals surface area contributed by atoms with Crippen molar-refractivity contribution in [1.29, 1.82) is 0 Å². The summed E-state index contributed by atoms with van der Waals surface area (Å²) in [7, 11) is 0. The normalized spacial score (nSPS) is 12.1. The van der Waals surface area contributed by atoms with Crippen LogP contribution in [0.15, 0.2) is 342 Å². The van der Waals surface area contributed by atoms with Crippen molar-refractivity contribution in [3.05, 3.63) is 334 Å². The quantitative estimate of drug-likeness (QED) is 0.157. The number of hydrogen-bond donors (Lipinski definition) is 0. The molecule has 0 aliphatic rings. The molecular weight excluding hydrogens is 1360 g/mol. The minimum Gasteiger partial charge on any atom is -0.455 e. The monoisotopic (exact) mass is 1410 g/mol. The van der Waals surface area contributed by atoms with Gasteiger partial charge in [-0.1, -0.05) is 255 Å². The van der Waals surface area contributed by atoms with Gasteiger partial charge in [-0.2, -0.15) is 9.97 Å². The summed E-state index contributed by atoms with van der Waals surface area (Å²) in [5.74, 6) is 2.42. The number of furan rings is 2. The molecule has 0 bridgehead atoms. The largest absolute Gasteiger partial charge is 0.455 e. The molecule has 0 amide bonds. The summed E-state index contributed by atoms with van der Waals surface area (Å²) in [4.78, 5) is 25.7. The molecule has 0 aliphatic heterocycles. The first-order valence-corrected chi connectivity index (χ1v) is 37.8. The standard InChI is InChI=1S/C49H28N4OS.C48H27N3OS/c1-3-13-29(14-4-1)47-50-48(30-15-5-2-6-16-30)52-49(51-47)53-40-21-11-9-20-37(40)44-41(53)26-25-36-39-28-38(32-17-7-8-19-35(32)45(39)54-46(36)44)31-23-24-34-33-18-10-12-22-42(33)55-43(34)27-31;1-2-12-28(13-3-1)45-35-17-6-9-19-39(35)49-48(50-45)51-40-20-10-7-18-36(40)44-41(51)25-24-34-38-27-37(30-14-4-5-16-33(30)46(38)52-47(34)44)29-22-23-32-31-15-8-11-21-42(31)53-43(32)26-29/h1-28H;1-27H. The van der Waals surface area contributed by atoms with E-state index in [1.165, 1.54) is 73.4 Å². The van der Waals surface area contributed by atoms with Crippen molar-refractivity contribution < 1.29 is 8.83 Å². The fraction of sp³-hybridized carbons (Fsp3) is 0. The van der Waals surface area contributed by atoms with Crippen molar-refractivity contribution >= 4 is 183 Å². The van der Waals surface area contributed by atoms with Crippen molar-refractivity contribution in [2.75, 3.05) is 0 Å². The number of fused-ring (bicyclic) bond motifs is 25. The van der Waals surface area contributed by atoms with Gasteiger partial charge in [-0.15, -0.1) is 22.7 Å². The number of para-hydroxylation sites is 3. The number of nitrogens with zero attached hydrogens (tertiary/aromatic N) is 7. The van der Waals surface area contributed by atoms with Crippen LogP contribution in [0.4, 0.5) is 0 Å². The molecule has 24 aromatic rings. The summed E-state index contributed by atoms with van der Waals surface area (Å²) in [6, 6.07) is 118. The van der Waals surface area contributed by atoms with Crippen LogP contribution in [0, 0.1) is 0 Å². The van der Waals surface area contributed by atoms with Crippen LogP contribution < -0.4 is 0 Å². The third-order valence-electron chi connectivity index (χ3n) is 21.7. The third kappa shape index (κ3) is 9.26. The fourth-order valence-electron chi connectivity index (χ4n) is 16.8. The highest BCUT2D eigenvalue weighted by Gasteiger charge is 2.27. The van der Waals surface area contributed by atoms with Gasteiger partial charge in [-0.05, 0) is 112 Å². The Hall–Kier alpha value is -14.0. The molecule has 0 N–H and O–H groups in total. The Balaban J connectivity index is 0.000000130. The van der Waals surface area contributed by atoms with Gasteiger partial charge < -0.3 is 8.83 Å². The van der Waals surface area contributed by atoms with Gasteiger partial charge in [0.15, 0.2) is 11.6 Å². The molecule has 0 fully saturated rings. The molecule has 0 aliphatic carbocycles. The molecule has 0 radical (unpaired) electrons. The van der Waals surface area contributed by atoms with Crippen molar-refractivity contribution in [3.8, 4) is 68.2 Å². The molecule has 0 unspecified atom stereocenters. The van der Waals surface area contributed by atoms with Crippen molar-refractivity contribution in [3.63, 3.8) is 0 Å². The van der Waals surface area contributed by atoms with Gasteiger partial charge >= 0.3 is 0 Å². The van der Waals surface area contributed by atoms with E-state index < -0.39 is 0 Å². The second-order valence-electron chi connectivity index (χ2n) is 27.7. The van der Waals surface area contributed by atoms with E-state index in [2.05, 4.69) is 264 Å². The molecule has 502 valence electrons. The van der Waals surface area contributed by atoms with Gasteiger partial charge in [0, 0.05) is 106 Å². The fourth-order valence-corrected chi connectivity index (χ4v) is 19.1. The Bertz CT molecular complexity index is 7830. The smallest absolute Gasteiger partial charge is 0.238 e. The van der Waals surface area contributed by atoms with E-state index in [0.717, 1.165) is 132 Å². The van der Waals surface area contributed by atoms with E-state index in [-0.39, 0.29) is 0 Å². The van der Waals surface area contributed by atoms with Crippen LogP contribution in [0.2, 0.25) is 0 Å². The third-order valence-corrected chi connectivity index (χ3v) is 23.9. The Morgan fingerprint density at radius 2 is 0.593 bits per heavy atom. The van der Waals surface area contributed by atoms with E-state index in [1.54, 1.807) is 0 Å². The summed E-state index contributed by atoms with van der Waals surface area (Å²) >= 11 is 3.71. The Kier molecular flexibility index (Phi) is 13.3. The molecule has 0 atom stereocenters. The molecule has 8 heterocycles. The lowest BCUT2D eigenvalue weighted by Gasteiger charge is -2.11. The second-order valence-corrected chi connectivity index (χ2v) is 29.8. The number of aromatic nitrogens is 7. The maximum absolute atomic E-state index is 7.06. The summed E-state index contributed by atoms with van der Waals surface area (Å²) in [6.45, 7) is 0. The average Bonchev–Trinajstić information content (AvgIpc) is 1.55. The Labute approximate surface area is 623 Å². The summed E-state index contributed by atoms with van der Waals surface area (Å²) in [5.41, 5.74) is 17.1. The molecular formula is C97H55N7O2S2. The van der Waals surface area contributed by atoms with E-state index in [1.807, 2.05) is 102 Å². The lowest BCUT2D eigenvalue weighted by atomic mass is 9.94. The van der Waals surface area contributed by atoms with Crippen LogP contribution in [0.3, 0.4) is 0 Å². The Morgan fingerprint density at radius 1 is 0.222 bits per heavy atom. The molecule has 8 aromatic heterocycles. The SMILES string of the molecule is c1ccc(-c2nc(-c3ccccc3)nc(-n3c4ccccc4c4c5oc6c7ccccc7c(-c7ccc8c(c7)sc7ccccc78)cc6c5ccc43)n2)cc1.c1ccc(-c2nc(-n3c4ccccc4c4c5oc6c7ccccc7c(-c7ccc8c(c7)sc7ccccc78)cc6c5ccc43)nc3ccccc23)cc1. The summed E-state index contributed by atoms with van der Waals surface area (Å²) < 4.78 is 23.7. The molecule has 108 heavy (non-hydrogen) atoms. The van der Waals surface area contributed by atoms with Crippen LogP contribution >= 0.6 is 22.7 Å². The molecule has 24 rings (SSSR count). The summed E-state index contributed by atoms with van der Waals surface area (Å²) in [6.07, 6.45) is 0. The zero-order valence-electron chi connectivity index (χ0n) is 57.5. The van der Waals surface area contributed by atoms with Gasteiger partial charge in [0.05, 0.1) is 44.0 Å². The highest BCUT2D eigenvalue weighted by atomic mass is 32.1. The molecule has 11 heteroatoms. The lowest BCUT2D eigenvalue weighted by Crippen LogP contribution is -2.06. The molecule has 0 saturated heterocycles. The maximum atomic E-state index is 7.06. The van der Waals surface area contributed by atoms with E-state index in [0.29, 0.717) is 23.5 Å². The number of hydrogen-bond acceptors (Lipinski definition) is 9. The first-order valence-electron chi connectivity index (χ1n) is 36.2. The first kappa shape index (κ1) is 60.4. The van der Waals surface area contributed by atoms with Gasteiger partial charge in [-0.25, -0.2) is 15.0 Å². The molecule has 0 saturated carbocycles. The van der Waals surface area contributed by atoms with Crippen LogP contribution in [0.5, 0.6) is 0 Å². The zero-order chi connectivity index (χ0) is 70.7. The van der Waals surface area contributed by atoms with Gasteiger partial charge in [0.1, 0.15) is 22.3 Å². The van der Waals surface area contributed by atoms with Crippen LogP contribution in [-0.4, -0.2) is 34.1 Å². The molecule has 16 aromatic carbocycles. The lowest BCUT2D eigenvalue weighted by molar-refractivity contribution is 0.676. The van der Waals surface area contributed by atoms with Crippen LogP contribution in [0.25, 0.3) is 228 Å².